The van der Waals surface area contributed by atoms with E-state index in [4.69, 9.17) is 18.9 Å². The third kappa shape index (κ3) is 5.82. The fourth-order valence-electron chi connectivity index (χ4n) is 4.19. The van der Waals surface area contributed by atoms with E-state index in [1.54, 1.807) is 23.7 Å². The number of ether oxygens (including phenoxy) is 2. The Hall–Kier alpha value is -3.08. The molecule has 9 nitrogen and oxygen atoms in total. The number of para-hydroxylation sites is 1. The van der Waals surface area contributed by atoms with E-state index in [-0.39, 0.29) is 23.2 Å². The van der Waals surface area contributed by atoms with E-state index in [2.05, 4.69) is 43.9 Å². The second-order valence-corrected chi connectivity index (χ2v) is 16.0. The van der Waals surface area contributed by atoms with Gasteiger partial charge in [-0.15, -0.1) is 0 Å². The van der Waals surface area contributed by atoms with Crippen LogP contribution < -0.4 is 4.90 Å². The molecule has 1 saturated heterocycles. The van der Waals surface area contributed by atoms with Gasteiger partial charge in [-0.25, -0.2) is 9.78 Å². The van der Waals surface area contributed by atoms with Crippen molar-refractivity contribution in [1.82, 2.24) is 19.6 Å². The molecule has 10 heteroatoms. The predicted molar refractivity (Wildman–Crippen MR) is 150 cm³/mol. The minimum Gasteiger partial charge on any atom is -0.463 e. The van der Waals surface area contributed by atoms with Gasteiger partial charge in [0, 0.05) is 30.8 Å². The number of anilines is 2. The van der Waals surface area contributed by atoms with Gasteiger partial charge in [-0.05, 0) is 49.7 Å². The van der Waals surface area contributed by atoms with Crippen LogP contribution in [-0.4, -0.2) is 60.2 Å². The maximum atomic E-state index is 12.4. The number of aromatic nitrogens is 4. The first-order valence-electron chi connectivity index (χ1n) is 13.1. The van der Waals surface area contributed by atoms with Crippen molar-refractivity contribution in [3.8, 4) is 0 Å². The number of carbonyl (C=O) groups is 1. The molecule has 38 heavy (non-hydrogen) atoms. The van der Waals surface area contributed by atoms with E-state index in [9.17, 15) is 4.79 Å². The summed E-state index contributed by atoms with van der Waals surface area (Å²) in [5.74, 6) is 0.923. The minimum absolute atomic E-state index is 0.0636. The lowest BCUT2D eigenvalue weighted by Crippen LogP contribution is -2.42. The third-order valence-corrected chi connectivity index (χ3v) is 11.9. The third-order valence-electron chi connectivity index (χ3n) is 7.44. The molecule has 3 heterocycles. The van der Waals surface area contributed by atoms with Gasteiger partial charge < -0.3 is 18.8 Å². The molecular weight excluding hydrogens is 498 g/mol. The van der Waals surface area contributed by atoms with E-state index >= 15 is 0 Å². The first-order chi connectivity index (χ1) is 17.9. The fourth-order valence-corrected chi connectivity index (χ4v) is 5.19. The van der Waals surface area contributed by atoms with Crippen LogP contribution in [0.3, 0.4) is 0 Å². The molecule has 0 unspecified atom stereocenters. The average molecular weight is 538 g/mol. The van der Waals surface area contributed by atoms with E-state index in [0.717, 1.165) is 16.8 Å². The summed E-state index contributed by atoms with van der Waals surface area (Å²) in [5, 5.41) is 4.71. The lowest BCUT2D eigenvalue weighted by molar-refractivity contribution is -0.137. The molecule has 1 fully saturated rings. The molecule has 2 atom stereocenters. The van der Waals surface area contributed by atoms with Crippen molar-refractivity contribution in [1.29, 1.82) is 0 Å². The molecule has 1 aliphatic rings. The second kappa shape index (κ2) is 11.0. The Balaban J connectivity index is 1.66. The molecule has 1 aliphatic heterocycles. The van der Waals surface area contributed by atoms with E-state index < -0.39 is 8.32 Å². The molecule has 0 saturated carbocycles. The highest BCUT2D eigenvalue weighted by atomic mass is 28.4. The number of nitrogens with zero attached hydrogens (tertiary/aromatic N) is 5. The van der Waals surface area contributed by atoms with Crippen LogP contribution in [0.25, 0.3) is 5.65 Å². The molecule has 3 aromatic rings. The van der Waals surface area contributed by atoms with Gasteiger partial charge >= 0.3 is 5.97 Å². The van der Waals surface area contributed by atoms with Crippen LogP contribution in [0, 0.1) is 6.92 Å². The second-order valence-electron chi connectivity index (χ2n) is 11.2. The van der Waals surface area contributed by atoms with Gasteiger partial charge in [0.2, 0.25) is 5.95 Å². The van der Waals surface area contributed by atoms with Crippen molar-refractivity contribution in [3.63, 3.8) is 0 Å². The topological polar surface area (TPSA) is 91.1 Å². The van der Waals surface area contributed by atoms with Gasteiger partial charge in [0.05, 0.1) is 25.5 Å². The zero-order chi connectivity index (χ0) is 27.7. The van der Waals surface area contributed by atoms with Crippen molar-refractivity contribution in [3.05, 3.63) is 59.6 Å². The Kier molecular flexibility index (Phi) is 8.05. The molecule has 0 bridgehead atoms. The molecule has 0 amide bonds. The number of benzene rings is 1. The average Bonchev–Trinajstić information content (AvgIpc) is 3.45. The quantitative estimate of drug-likeness (QED) is 0.210. The predicted octanol–water partition coefficient (Wildman–Crippen LogP) is 5.54. The Morgan fingerprint density at radius 1 is 1.24 bits per heavy atom. The number of hydrogen-bond donors (Lipinski definition) is 0. The van der Waals surface area contributed by atoms with E-state index in [0.29, 0.717) is 37.1 Å². The summed E-state index contributed by atoms with van der Waals surface area (Å²) in [6, 6.07) is 10.00. The summed E-state index contributed by atoms with van der Waals surface area (Å²) in [5.41, 5.74) is 3.38. The van der Waals surface area contributed by atoms with E-state index in [1.807, 2.05) is 49.2 Å². The van der Waals surface area contributed by atoms with Crippen molar-refractivity contribution >= 4 is 31.6 Å². The summed E-state index contributed by atoms with van der Waals surface area (Å²) in [6.45, 7) is 15.4. The van der Waals surface area contributed by atoms with Crippen molar-refractivity contribution in [2.45, 2.75) is 71.4 Å². The Morgan fingerprint density at radius 2 is 1.95 bits per heavy atom. The molecule has 2 aromatic heterocycles. The monoisotopic (exact) mass is 537 g/mol. The minimum atomic E-state index is -2.01. The van der Waals surface area contributed by atoms with Gasteiger partial charge in [0.25, 0.3) is 0 Å². The Labute approximate surface area is 226 Å². The zero-order valence-corrected chi connectivity index (χ0v) is 24.7. The van der Waals surface area contributed by atoms with E-state index in [1.165, 1.54) is 0 Å². The maximum Gasteiger partial charge on any atom is 0.330 e. The Bertz CT molecular complexity index is 1320. The SMILES string of the molecule is CCOC(=O)/C=C1\C[C@H](c2cnn3c(N(C)c4ccccc4)nc(C)nc23)O[C@@H]1CO[Si](C)(C)C(C)(C)C. The number of esters is 1. The lowest BCUT2D eigenvalue weighted by Gasteiger charge is -2.37. The summed E-state index contributed by atoms with van der Waals surface area (Å²) < 4.78 is 20.0. The first kappa shape index (κ1) is 27.9. The number of rotatable bonds is 8. The largest absolute Gasteiger partial charge is 0.463 e. The summed E-state index contributed by atoms with van der Waals surface area (Å²) >= 11 is 0. The van der Waals surface area contributed by atoms with Gasteiger partial charge in [-0.2, -0.15) is 14.6 Å². The maximum absolute atomic E-state index is 12.4. The summed E-state index contributed by atoms with van der Waals surface area (Å²) in [7, 11) is -0.0582. The summed E-state index contributed by atoms with van der Waals surface area (Å²) in [6.07, 6.45) is 3.19. The van der Waals surface area contributed by atoms with Gasteiger partial charge in [-0.1, -0.05) is 39.0 Å². The van der Waals surface area contributed by atoms with Crippen LogP contribution in [0.2, 0.25) is 18.1 Å². The molecule has 1 aromatic carbocycles. The highest BCUT2D eigenvalue weighted by Gasteiger charge is 2.40. The number of hydrogen-bond acceptors (Lipinski definition) is 8. The van der Waals surface area contributed by atoms with Gasteiger partial charge in [-0.3, -0.25) is 0 Å². The zero-order valence-electron chi connectivity index (χ0n) is 23.7. The highest BCUT2D eigenvalue weighted by Crippen LogP contribution is 2.41. The first-order valence-corrected chi connectivity index (χ1v) is 16.0. The number of aryl methyl sites for hydroxylation is 1. The fraction of sp³-hybridized carbons (Fsp3) is 0.500. The van der Waals surface area contributed by atoms with Gasteiger partial charge in [0.15, 0.2) is 14.0 Å². The summed E-state index contributed by atoms with van der Waals surface area (Å²) in [4.78, 5) is 23.8. The number of carbonyl (C=O) groups excluding carboxylic acids is 1. The van der Waals surface area contributed by atoms with Gasteiger partial charge in [0.1, 0.15) is 11.9 Å². The van der Waals surface area contributed by atoms with Crippen molar-refractivity contribution < 1.29 is 18.7 Å². The molecule has 0 aliphatic carbocycles. The van der Waals surface area contributed by atoms with Crippen LogP contribution in [0.4, 0.5) is 11.6 Å². The number of fused-ring (bicyclic) bond motifs is 1. The molecular formula is C28H39N5O4Si. The molecule has 204 valence electrons. The smallest absolute Gasteiger partial charge is 0.330 e. The van der Waals surface area contributed by atoms with Crippen LogP contribution in [-0.2, 0) is 18.7 Å². The highest BCUT2D eigenvalue weighted by molar-refractivity contribution is 6.74. The van der Waals surface area contributed by atoms with Crippen LogP contribution >= 0.6 is 0 Å². The normalized spacial score (nSPS) is 19.3. The Morgan fingerprint density at radius 3 is 2.61 bits per heavy atom. The van der Waals surface area contributed by atoms with Crippen molar-refractivity contribution in [2.75, 3.05) is 25.2 Å². The molecule has 0 radical (unpaired) electrons. The van der Waals surface area contributed by atoms with Crippen molar-refractivity contribution in [2.24, 2.45) is 0 Å². The molecule has 0 spiro atoms. The standard InChI is InChI=1S/C28H39N5O4Si/c1-9-35-25(34)16-20-15-23(37-24(20)18-36-38(7,8)28(3,4)5)22-17-29-33-26(22)30-19(2)31-27(33)32(6)21-13-11-10-12-14-21/h10-14,16-17,23-24H,9,15,18H2,1-8H3/b20-16+/t23-,24-/m1/s1. The van der Waals surface area contributed by atoms with Crippen LogP contribution in [0.15, 0.2) is 48.2 Å². The lowest BCUT2D eigenvalue weighted by atomic mass is 10.0. The molecule has 4 rings (SSSR count). The van der Waals surface area contributed by atoms with Crippen LogP contribution in [0.1, 0.15) is 51.6 Å². The van der Waals surface area contributed by atoms with Crippen LogP contribution in [0.5, 0.6) is 0 Å². The molecule has 0 N–H and O–H groups in total.